The van der Waals surface area contributed by atoms with Crippen LogP contribution in [0.25, 0.3) is 77.2 Å². The lowest BCUT2D eigenvalue weighted by molar-refractivity contribution is 0.333. The molecule has 0 unspecified atom stereocenters. The maximum absolute atomic E-state index is 7.01. The quantitative estimate of drug-likeness (QED) is 0.161. The fraction of sp³-hybridized carbons (Fsp3) is 0.100. The Morgan fingerprint density at radius 1 is 0.364 bits per heavy atom. The summed E-state index contributed by atoms with van der Waals surface area (Å²) >= 11 is 1.89. The van der Waals surface area contributed by atoms with Crippen LogP contribution in [0, 0.1) is 0 Å². The minimum atomic E-state index is -0.0771. The van der Waals surface area contributed by atoms with Crippen LogP contribution in [-0.4, -0.2) is 22.6 Å². The molecule has 0 fully saturated rings. The highest BCUT2D eigenvalue weighted by molar-refractivity contribution is 8.00. The molecule has 19 rings (SSSR count). The van der Waals surface area contributed by atoms with E-state index in [-0.39, 0.29) is 24.3 Å². The Kier molecular flexibility index (Phi) is 10.5. The van der Waals surface area contributed by atoms with Crippen molar-refractivity contribution >= 4 is 119 Å². The number of ether oxygens (including phenoxy) is 2. The van der Waals surface area contributed by atoms with Gasteiger partial charge in [0.15, 0.2) is 0 Å². The third-order valence-corrected chi connectivity index (χ3v) is 21.5. The molecule has 4 aliphatic heterocycles. The fourth-order valence-electron chi connectivity index (χ4n) is 16.2. The van der Waals surface area contributed by atoms with Gasteiger partial charge < -0.3 is 23.5 Å². The first-order valence-electron chi connectivity index (χ1n) is 31.0. The van der Waals surface area contributed by atoms with Crippen molar-refractivity contribution in [1.82, 2.24) is 9.13 Å². The molecule has 0 saturated carbocycles. The van der Waals surface area contributed by atoms with Gasteiger partial charge in [-0.05, 0) is 176 Å². The summed E-state index contributed by atoms with van der Waals surface area (Å²) in [7, 11) is 0. The van der Waals surface area contributed by atoms with Gasteiger partial charge in [-0.3, -0.25) is 0 Å². The Balaban J connectivity index is 0.862. The van der Waals surface area contributed by atoms with Gasteiger partial charge in [-0.1, -0.05) is 197 Å². The second-order valence-electron chi connectivity index (χ2n) is 26.1. The fourth-order valence-corrected chi connectivity index (χ4v) is 17.4. The van der Waals surface area contributed by atoms with Crippen LogP contribution >= 0.6 is 11.8 Å². The molecule has 8 heteroatoms. The molecule has 14 aromatic rings. The van der Waals surface area contributed by atoms with Crippen LogP contribution in [0.1, 0.15) is 51.7 Å². The highest BCUT2D eigenvalue weighted by atomic mass is 32.2. The summed E-state index contributed by atoms with van der Waals surface area (Å²) in [5.74, 6) is 3.41. The number of fused-ring (bicyclic) bond motifs is 15. The molecule has 88 heavy (non-hydrogen) atoms. The average molecular weight is 1150 g/mol. The van der Waals surface area contributed by atoms with E-state index in [0.29, 0.717) is 0 Å². The van der Waals surface area contributed by atoms with Gasteiger partial charge >= 0.3 is 0 Å². The van der Waals surface area contributed by atoms with E-state index in [0.717, 1.165) is 85.4 Å². The Labute approximate surface area is 516 Å². The summed E-state index contributed by atoms with van der Waals surface area (Å²) < 4.78 is 18.9. The molecule has 0 bridgehead atoms. The highest BCUT2D eigenvalue weighted by Gasteiger charge is 2.44. The van der Waals surface area contributed by atoms with E-state index in [9.17, 15) is 0 Å². The van der Waals surface area contributed by atoms with Crippen LogP contribution in [0.3, 0.4) is 0 Å². The predicted octanol–water partition coefficient (Wildman–Crippen LogP) is 17.1. The number of para-hydroxylation sites is 6. The third kappa shape index (κ3) is 7.15. The summed E-state index contributed by atoms with van der Waals surface area (Å²) in [5.41, 5.74) is 25.5. The molecule has 5 nitrogen and oxygen atoms in total. The van der Waals surface area contributed by atoms with Crippen molar-refractivity contribution in [2.45, 2.75) is 61.2 Å². The largest absolute Gasteiger partial charge is 0.458 e. The second kappa shape index (κ2) is 18.3. The van der Waals surface area contributed by atoms with Crippen LogP contribution in [-0.2, 0) is 10.8 Å². The first-order chi connectivity index (χ1) is 43.1. The van der Waals surface area contributed by atoms with E-state index in [4.69, 9.17) is 9.47 Å². The van der Waals surface area contributed by atoms with Gasteiger partial charge in [0.1, 0.15) is 23.0 Å². The lowest BCUT2D eigenvalue weighted by Crippen LogP contribution is -2.59. The monoisotopic (exact) mass is 1150 g/mol. The van der Waals surface area contributed by atoms with Crippen molar-refractivity contribution in [2.75, 3.05) is 4.90 Å². The summed E-state index contributed by atoms with van der Waals surface area (Å²) in [6, 6.07) is 92.9. The molecule has 2 aromatic heterocycles. The molecule has 12 aromatic carbocycles. The van der Waals surface area contributed by atoms with Gasteiger partial charge in [-0.15, -0.1) is 0 Å². The van der Waals surface area contributed by atoms with E-state index < -0.39 is 0 Å². The number of hydrogen-bond donors (Lipinski definition) is 0. The standard InChI is InChI=1S/C80H57B2N3O2S/c1-79(2)40-41-80(3,4)76-54(22-17-23-59(76)79)48-32-34-51(35-33-48)83-68-46-52(84-64-26-11-5-18-55(64)56-19-6-12-27-65(56)84)36-38-60(68)81-63-39-37-53(85-66-28-13-7-20-57(66)58-21-8-14-29-67(58)85)47-74(63)88-75-45-49(42-69(83)77(75)81)50-43-72-78-73(44-50)87-71-31-16-10-25-62(71)82(78)61-24-9-15-30-70(61)86-72/h5-39,42-47H,40-41H2,1-4H3. The topological polar surface area (TPSA) is 31.6 Å². The zero-order valence-electron chi connectivity index (χ0n) is 49.3. The SMILES string of the molecule is CC1(C)CCC(C)(C)c2c(-c3ccc(N4c5cc(-n6c7ccccc7c7ccccc76)ccc5B5c6ccc(-n7c8ccccc8c8ccccc87)cc6Sc6cc(-c7cc8c9c(c7)Oc7ccccc7B9c7ccccc7O8)cc4c65)cc3)cccc21. The van der Waals surface area contributed by atoms with Crippen molar-refractivity contribution in [2.24, 2.45) is 0 Å². The van der Waals surface area contributed by atoms with Crippen molar-refractivity contribution in [1.29, 1.82) is 0 Å². The number of anilines is 3. The second-order valence-corrected chi connectivity index (χ2v) is 27.2. The highest BCUT2D eigenvalue weighted by Crippen LogP contribution is 2.51. The molecular formula is C80H57B2N3O2S. The Morgan fingerprint density at radius 3 is 1.47 bits per heavy atom. The molecule has 0 atom stereocenters. The molecule has 0 amide bonds. The first kappa shape index (κ1) is 50.3. The number of benzene rings is 12. The first-order valence-corrected chi connectivity index (χ1v) is 31.8. The number of aromatic nitrogens is 2. The van der Waals surface area contributed by atoms with Gasteiger partial charge in [0.05, 0.1) is 22.1 Å². The summed E-state index contributed by atoms with van der Waals surface area (Å²) in [6.07, 6.45) is 2.32. The molecule has 0 saturated heterocycles. The third-order valence-electron chi connectivity index (χ3n) is 20.3. The summed E-state index contributed by atoms with van der Waals surface area (Å²) in [5, 5.41) is 4.99. The maximum atomic E-state index is 7.01. The molecule has 5 aliphatic rings. The number of hydrogen-bond acceptors (Lipinski definition) is 4. The Hall–Kier alpha value is -9.88. The van der Waals surface area contributed by atoms with Gasteiger partial charge in [0, 0.05) is 65.2 Å². The summed E-state index contributed by atoms with van der Waals surface area (Å²) in [6.45, 7) is 9.64. The van der Waals surface area contributed by atoms with Crippen LogP contribution in [0.2, 0.25) is 0 Å². The Morgan fingerprint density at radius 2 is 0.864 bits per heavy atom. The minimum Gasteiger partial charge on any atom is -0.458 e. The normalized spacial score (nSPS) is 15.2. The van der Waals surface area contributed by atoms with Crippen LogP contribution in [0.4, 0.5) is 17.1 Å². The molecule has 0 N–H and O–H groups in total. The molecule has 0 radical (unpaired) electrons. The van der Waals surface area contributed by atoms with Gasteiger partial charge in [0.25, 0.3) is 6.71 Å². The van der Waals surface area contributed by atoms with Gasteiger partial charge in [0.2, 0.25) is 6.71 Å². The van der Waals surface area contributed by atoms with E-state index in [1.54, 1.807) is 0 Å². The minimum absolute atomic E-state index is 0.0205. The van der Waals surface area contributed by atoms with E-state index in [1.165, 1.54) is 98.5 Å². The van der Waals surface area contributed by atoms with Crippen LogP contribution in [0.15, 0.2) is 259 Å². The van der Waals surface area contributed by atoms with Crippen molar-refractivity contribution in [3.05, 3.63) is 260 Å². The van der Waals surface area contributed by atoms with Crippen LogP contribution in [0.5, 0.6) is 23.0 Å². The molecule has 0 spiro atoms. The van der Waals surface area contributed by atoms with E-state index >= 15 is 0 Å². The van der Waals surface area contributed by atoms with Gasteiger partial charge in [-0.25, -0.2) is 0 Å². The van der Waals surface area contributed by atoms with Crippen LogP contribution < -0.4 is 47.2 Å². The molecule has 6 heterocycles. The van der Waals surface area contributed by atoms with Crippen molar-refractivity contribution in [3.8, 4) is 56.6 Å². The predicted molar refractivity (Wildman–Crippen MR) is 369 cm³/mol. The van der Waals surface area contributed by atoms with Crippen molar-refractivity contribution < 1.29 is 9.47 Å². The lowest BCUT2D eigenvalue weighted by atomic mass is 9.34. The zero-order valence-corrected chi connectivity index (χ0v) is 50.1. The van der Waals surface area contributed by atoms with Gasteiger partial charge in [-0.2, -0.15) is 0 Å². The zero-order chi connectivity index (χ0) is 58.3. The smallest absolute Gasteiger partial charge is 0.260 e. The lowest BCUT2D eigenvalue weighted by Gasteiger charge is -2.43. The maximum Gasteiger partial charge on any atom is 0.260 e. The van der Waals surface area contributed by atoms with Crippen molar-refractivity contribution in [3.63, 3.8) is 0 Å². The number of nitrogens with zero attached hydrogens (tertiary/aromatic N) is 3. The molecule has 416 valence electrons. The molecular weight excluding hydrogens is 1090 g/mol. The Bertz CT molecular complexity index is 5190. The average Bonchev–Trinajstić information content (AvgIpc) is 0.901. The van der Waals surface area contributed by atoms with E-state index in [1.807, 2.05) is 11.8 Å². The summed E-state index contributed by atoms with van der Waals surface area (Å²) in [4.78, 5) is 5.06. The number of rotatable bonds is 5. The molecule has 1 aliphatic carbocycles. The van der Waals surface area contributed by atoms with E-state index in [2.05, 4.69) is 290 Å².